The monoisotopic (exact) mass is 349 g/mol. The molecule has 2 amide bonds. The summed E-state index contributed by atoms with van der Waals surface area (Å²) < 4.78 is 1.81. The quantitative estimate of drug-likeness (QED) is 0.723. The molecule has 1 aromatic heterocycles. The highest BCUT2D eigenvalue weighted by atomic mass is 35.5. The number of carbonyl (C=O) groups excluding carboxylic acids is 2. The zero-order chi connectivity index (χ0) is 17.7. The van der Waals surface area contributed by atoms with Crippen molar-refractivity contribution in [3.63, 3.8) is 0 Å². The van der Waals surface area contributed by atoms with Gasteiger partial charge in [-0.3, -0.25) is 9.59 Å². The molecule has 128 valence electrons. The Balaban J connectivity index is 1.83. The molecular weight excluding hydrogens is 330 g/mol. The molecule has 3 N–H and O–H groups in total. The van der Waals surface area contributed by atoms with Gasteiger partial charge in [0.15, 0.2) is 0 Å². The fraction of sp³-hybridized carbons (Fsp3) is 0.294. The van der Waals surface area contributed by atoms with Gasteiger partial charge in [-0.2, -0.15) is 0 Å². The Labute approximate surface area is 145 Å². The van der Waals surface area contributed by atoms with E-state index in [1.54, 1.807) is 35.8 Å². The fourth-order valence-electron chi connectivity index (χ4n) is 2.28. The van der Waals surface area contributed by atoms with Gasteiger partial charge < -0.3 is 20.3 Å². The average Bonchev–Trinajstić information content (AvgIpc) is 2.96. The molecule has 7 heteroatoms. The van der Waals surface area contributed by atoms with Crippen molar-refractivity contribution in [1.29, 1.82) is 0 Å². The Morgan fingerprint density at radius 2 is 2.04 bits per heavy atom. The number of nitrogens with zero attached hydrogens (tertiary/aromatic N) is 1. The number of aliphatic hydroxyl groups excluding tert-OH is 1. The summed E-state index contributed by atoms with van der Waals surface area (Å²) in [6.45, 7) is 1.99. The van der Waals surface area contributed by atoms with E-state index in [-0.39, 0.29) is 6.54 Å². The molecule has 2 aromatic rings. The molecule has 0 radical (unpaired) electrons. The summed E-state index contributed by atoms with van der Waals surface area (Å²) in [5.41, 5.74) is 2.05. The van der Waals surface area contributed by atoms with Crippen LogP contribution in [0.1, 0.15) is 23.8 Å². The maximum Gasteiger partial charge on any atom is 0.313 e. The molecule has 0 fully saturated rings. The van der Waals surface area contributed by atoms with Crippen molar-refractivity contribution in [2.75, 3.05) is 11.9 Å². The largest absolute Gasteiger partial charge is 0.387 e. The Morgan fingerprint density at radius 3 is 2.71 bits per heavy atom. The summed E-state index contributed by atoms with van der Waals surface area (Å²) in [7, 11) is 1.83. The van der Waals surface area contributed by atoms with Gasteiger partial charge in [0.1, 0.15) is 0 Å². The number of anilines is 1. The minimum absolute atomic E-state index is 0.188. The van der Waals surface area contributed by atoms with Crippen LogP contribution in [0, 0.1) is 6.92 Å². The number of aryl methyl sites for hydroxylation is 2. The van der Waals surface area contributed by atoms with Crippen molar-refractivity contribution < 1.29 is 14.7 Å². The molecule has 6 nitrogen and oxygen atoms in total. The molecule has 0 bridgehead atoms. The van der Waals surface area contributed by atoms with E-state index in [2.05, 4.69) is 10.6 Å². The van der Waals surface area contributed by atoms with Crippen LogP contribution in [-0.4, -0.2) is 28.0 Å². The number of rotatable bonds is 5. The number of carbonyl (C=O) groups is 2. The topological polar surface area (TPSA) is 83.4 Å². The molecule has 0 spiro atoms. The van der Waals surface area contributed by atoms with Crippen molar-refractivity contribution in [1.82, 2.24) is 9.88 Å². The van der Waals surface area contributed by atoms with Crippen LogP contribution in [-0.2, 0) is 16.6 Å². The van der Waals surface area contributed by atoms with Crippen molar-refractivity contribution in [2.24, 2.45) is 7.05 Å². The summed E-state index contributed by atoms with van der Waals surface area (Å²) in [5, 5.41) is 15.5. The standard InChI is InChI=1S/C17H20ClN3O3/c1-11-5-6-12(18)10-13(11)20-17(24)16(23)19-8-7-15(22)14-4-3-9-21(14)2/h3-6,9-10,15,22H,7-8H2,1-2H3,(H,19,23)(H,20,24). The highest BCUT2D eigenvalue weighted by molar-refractivity contribution is 6.40. The molecule has 24 heavy (non-hydrogen) atoms. The van der Waals surface area contributed by atoms with Crippen LogP contribution in [0.2, 0.25) is 5.02 Å². The summed E-state index contributed by atoms with van der Waals surface area (Å²) in [5.74, 6) is -1.53. The Hall–Kier alpha value is -2.31. The van der Waals surface area contributed by atoms with E-state index < -0.39 is 17.9 Å². The second kappa shape index (κ2) is 7.99. The molecule has 1 atom stereocenters. The lowest BCUT2D eigenvalue weighted by molar-refractivity contribution is -0.136. The molecular formula is C17H20ClN3O3. The number of amides is 2. The van der Waals surface area contributed by atoms with Crippen molar-refractivity contribution in [3.05, 3.63) is 52.8 Å². The first-order valence-corrected chi connectivity index (χ1v) is 7.91. The van der Waals surface area contributed by atoms with E-state index in [4.69, 9.17) is 11.6 Å². The van der Waals surface area contributed by atoms with Crippen molar-refractivity contribution in [2.45, 2.75) is 19.4 Å². The summed E-state index contributed by atoms with van der Waals surface area (Å²) >= 11 is 5.88. The van der Waals surface area contributed by atoms with Gasteiger partial charge in [0.2, 0.25) is 0 Å². The summed E-state index contributed by atoms with van der Waals surface area (Å²) in [6, 6.07) is 8.68. The third-order valence-electron chi connectivity index (χ3n) is 3.68. The van der Waals surface area contributed by atoms with Crippen LogP contribution in [0.25, 0.3) is 0 Å². The van der Waals surface area contributed by atoms with Gasteiger partial charge >= 0.3 is 11.8 Å². The first-order chi connectivity index (χ1) is 11.4. The third-order valence-corrected chi connectivity index (χ3v) is 3.92. The smallest absolute Gasteiger partial charge is 0.313 e. The Kier molecular flexibility index (Phi) is 6.00. The van der Waals surface area contributed by atoms with Crippen LogP contribution in [0.3, 0.4) is 0 Å². The van der Waals surface area contributed by atoms with Crippen LogP contribution < -0.4 is 10.6 Å². The maximum absolute atomic E-state index is 11.9. The Bertz CT molecular complexity index is 742. The number of halogens is 1. The highest BCUT2D eigenvalue weighted by Gasteiger charge is 2.16. The van der Waals surface area contributed by atoms with E-state index in [1.807, 2.05) is 19.3 Å². The maximum atomic E-state index is 11.9. The fourth-order valence-corrected chi connectivity index (χ4v) is 2.45. The predicted molar refractivity (Wildman–Crippen MR) is 92.8 cm³/mol. The zero-order valence-electron chi connectivity index (χ0n) is 13.5. The molecule has 0 aliphatic rings. The highest BCUT2D eigenvalue weighted by Crippen LogP contribution is 2.20. The number of aliphatic hydroxyl groups is 1. The molecule has 0 aliphatic heterocycles. The number of aromatic nitrogens is 1. The SMILES string of the molecule is Cc1ccc(Cl)cc1NC(=O)C(=O)NCCC(O)c1cccn1C. The Morgan fingerprint density at radius 1 is 1.29 bits per heavy atom. The van der Waals surface area contributed by atoms with Crippen molar-refractivity contribution >= 4 is 29.1 Å². The van der Waals surface area contributed by atoms with Gasteiger partial charge in [-0.15, -0.1) is 0 Å². The zero-order valence-corrected chi connectivity index (χ0v) is 14.3. The molecule has 2 rings (SSSR count). The average molecular weight is 350 g/mol. The van der Waals surface area contributed by atoms with E-state index in [9.17, 15) is 14.7 Å². The number of hydrogen-bond donors (Lipinski definition) is 3. The van der Waals surface area contributed by atoms with Crippen LogP contribution in [0.5, 0.6) is 0 Å². The lowest BCUT2D eigenvalue weighted by atomic mass is 10.2. The second-order valence-corrected chi connectivity index (χ2v) is 5.95. The molecule has 1 aromatic carbocycles. The van der Waals surface area contributed by atoms with E-state index in [0.29, 0.717) is 17.1 Å². The molecule has 0 saturated heterocycles. The molecule has 0 saturated carbocycles. The molecule has 1 unspecified atom stereocenters. The van der Waals surface area contributed by atoms with E-state index in [0.717, 1.165) is 11.3 Å². The first-order valence-electron chi connectivity index (χ1n) is 7.53. The van der Waals surface area contributed by atoms with Gasteiger partial charge in [0.05, 0.1) is 6.10 Å². The second-order valence-electron chi connectivity index (χ2n) is 5.52. The summed E-state index contributed by atoms with van der Waals surface area (Å²) in [4.78, 5) is 23.7. The van der Waals surface area contributed by atoms with E-state index in [1.165, 1.54) is 0 Å². The van der Waals surface area contributed by atoms with Gasteiger partial charge in [0, 0.05) is 36.2 Å². The normalized spacial score (nSPS) is 11.8. The van der Waals surface area contributed by atoms with Crippen LogP contribution >= 0.6 is 11.6 Å². The lowest BCUT2D eigenvalue weighted by Crippen LogP contribution is -2.36. The number of nitrogens with one attached hydrogen (secondary N) is 2. The first kappa shape index (κ1) is 18.0. The van der Waals surface area contributed by atoms with Gasteiger partial charge in [-0.25, -0.2) is 0 Å². The minimum atomic E-state index is -0.770. The summed E-state index contributed by atoms with van der Waals surface area (Å²) in [6.07, 6.45) is 1.44. The van der Waals surface area contributed by atoms with Gasteiger partial charge in [-0.1, -0.05) is 17.7 Å². The minimum Gasteiger partial charge on any atom is -0.387 e. The number of benzene rings is 1. The van der Waals surface area contributed by atoms with Gasteiger partial charge in [-0.05, 0) is 43.2 Å². The lowest BCUT2D eigenvalue weighted by Gasteiger charge is -2.13. The molecule has 1 heterocycles. The van der Waals surface area contributed by atoms with Gasteiger partial charge in [0.25, 0.3) is 0 Å². The predicted octanol–water partition coefficient (Wildman–Crippen LogP) is 2.17. The van der Waals surface area contributed by atoms with Crippen LogP contribution in [0.15, 0.2) is 36.5 Å². The molecule has 0 aliphatic carbocycles. The third kappa shape index (κ3) is 4.59. The van der Waals surface area contributed by atoms with Crippen molar-refractivity contribution in [3.8, 4) is 0 Å². The van der Waals surface area contributed by atoms with Crippen LogP contribution in [0.4, 0.5) is 5.69 Å². The van der Waals surface area contributed by atoms with E-state index >= 15 is 0 Å². The number of hydrogen-bond acceptors (Lipinski definition) is 3.